The first-order valence-corrected chi connectivity index (χ1v) is 6.15. The van der Waals surface area contributed by atoms with Gasteiger partial charge in [-0.1, -0.05) is 0 Å². The Balaban J connectivity index is 2.26. The average molecular weight is 332 g/mol. The summed E-state index contributed by atoms with van der Waals surface area (Å²) >= 11 is 0. The van der Waals surface area contributed by atoms with E-state index in [4.69, 9.17) is 11.6 Å². The van der Waals surface area contributed by atoms with Gasteiger partial charge in [-0.05, 0) is 23.8 Å². The topological polar surface area (TPSA) is 97.6 Å². The van der Waals surface area contributed by atoms with Crippen molar-refractivity contribution in [3.8, 4) is 5.88 Å². The summed E-state index contributed by atoms with van der Waals surface area (Å²) in [5, 5.41) is 10.3. The highest BCUT2D eigenvalue weighted by molar-refractivity contribution is 5.77. The second-order valence-electron chi connectivity index (χ2n) is 4.51. The molecular weight excluding hydrogens is 320 g/mol. The quantitative estimate of drug-likeness (QED) is 0.445. The predicted molar refractivity (Wildman–Crippen MR) is 72.7 cm³/mol. The number of aliphatic hydroxyl groups is 1. The summed E-state index contributed by atoms with van der Waals surface area (Å²) in [5.41, 5.74) is 5.96. The number of ether oxygens (including phenoxy) is 1. The zero-order valence-corrected chi connectivity index (χ0v) is 11.5. The molecule has 2 rings (SSSR count). The molecule has 23 heavy (non-hydrogen) atoms. The third kappa shape index (κ3) is 4.13. The molecule has 0 bridgehead atoms. The molecule has 1 aliphatic rings. The molecular formula is C13H12F4N4O2. The van der Waals surface area contributed by atoms with Gasteiger partial charge in [0.15, 0.2) is 12.4 Å². The number of rotatable bonds is 3. The van der Waals surface area contributed by atoms with Gasteiger partial charge < -0.3 is 15.6 Å². The lowest BCUT2D eigenvalue weighted by molar-refractivity contribution is -0.154. The Bertz CT molecular complexity index is 694. The molecule has 0 saturated heterocycles. The lowest BCUT2D eigenvalue weighted by Gasteiger charge is -2.20. The fraction of sp³-hybridized carbons (Fsp3) is 0.154. The molecule has 2 heterocycles. The van der Waals surface area contributed by atoms with Crippen molar-refractivity contribution in [1.29, 1.82) is 0 Å². The molecule has 1 aromatic heterocycles. The van der Waals surface area contributed by atoms with Crippen LogP contribution in [0.3, 0.4) is 0 Å². The van der Waals surface area contributed by atoms with E-state index in [-0.39, 0.29) is 11.3 Å². The number of hydrogen-bond acceptors (Lipinski definition) is 6. The zero-order chi connectivity index (χ0) is 17.2. The van der Waals surface area contributed by atoms with Crippen LogP contribution in [0.2, 0.25) is 0 Å². The Morgan fingerprint density at radius 1 is 1.39 bits per heavy atom. The number of halogens is 4. The highest BCUT2D eigenvalue weighted by Crippen LogP contribution is 2.26. The number of hydrogen-bond donors (Lipinski definition) is 3. The molecule has 10 heteroatoms. The molecule has 1 aliphatic heterocycles. The maximum absolute atomic E-state index is 13.8. The van der Waals surface area contributed by atoms with Crippen molar-refractivity contribution in [3.63, 3.8) is 0 Å². The minimum absolute atomic E-state index is 0.0697. The van der Waals surface area contributed by atoms with E-state index in [1.807, 2.05) is 0 Å². The lowest BCUT2D eigenvalue weighted by Crippen LogP contribution is -2.28. The highest BCUT2D eigenvalue weighted by atomic mass is 19.4. The van der Waals surface area contributed by atoms with Gasteiger partial charge in [0, 0.05) is 18.0 Å². The first-order valence-electron chi connectivity index (χ1n) is 6.15. The van der Waals surface area contributed by atoms with Crippen molar-refractivity contribution in [2.24, 2.45) is 11.6 Å². The molecule has 6 nitrogen and oxygen atoms in total. The van der Waals surface area contributed by atoms with Gasteiger partial charge in [0.05, 0.1) is 0 Å². The summed E-state index contributed by atoms with van der Waals surface area (Å²) < 4.78 is 54.2. The van der Waals surface area contributed by atoms with E-state index in [9.17, 15) is 22.7 Å². The monoisotopic (exact) mass is 332 g/mol. The van der Waals surface area contributed by atoms with Crippen LogP contribution >= 0.6 is 0 Å². The lowest BCUT2D eigenvalue weighted by atomic mass is 10.0. The van der Waals surface area contributed by atoms with Crippen molar-refractivity contribution < 1.29 is 27.4 Å². The first-order chi connectivity index (χ1) is 10.7. The Labute approximate surface area is 127 Å². The maximum atomic E-state index is 13.8. The molecule has 0 atom stereocenters. The molecule has 0 aromatic carbocycles. The van der Waals surface area contributed by atoms with E-state index in [0.29, 0.717) is 5.57 Å². The normalized spacial score (nSPS) is 17.1. The van der Waals surface area contributed by atoms with E-state index in [2.05, 4.69) is 9.72 Å². The van der Waals surface area contributed by atoms with E-state index in [0.717, 1.165) is 17.3 Å². The van der Waals surface area contributed by atoms with Crippen LogP contribution in [0.1, 0.15) is 5.56 Å². The van der Waals surface area contributed by atoms with E-state index in [1.54, 1.807) is 0 Å². The number of nitrogens with two attached hydrogens (primary N) is 2. The van der Waals surface area contributed by atoms with Gasteiger partial charge >= 0.3 is 6.18 Å². The molecule has 0 spiro atoms. The van der Waals surface area contributed by atoms with Crippen molar-refractivity contribution in [1.82, 2.24) is 9.99 Å². The summed E-state index contributed by atoms with van der Waals surface area (Å²) in [6, 6.07) is 0.951. The van der Waals surface area contributed by atoms with E-state index in [1.165, 1.54) is 18.4 Å². The zero-order valence-electron chi connectivity index (χ0n) is 11.5. The molecule has 0 amide bonds. The Hall–Kier alpha value is -2.75. The maximum Gasteiger partial charge on any atom is 0.422 e. The van der Waals surface area contributed by atoms with E-state index < -0.39 is 30.4 Å². The fourth-order valence-corrected chi connectivity index (χ4v) is 1.74. The molecule has 0 fully saturated rings. The summed E-state index contributed by atoms with van der Waals surface area (Å²) in [4.78, 5) is 3.52. The van der Waals surface area contributed by atoms with Crippen LogP contribution in [0.25, 0.3) is 5.57 Å². The van der Waals surface area contributed by atoms with Gasteiger partial charge in [-0.15, -0.1) is 0 Å². The number of nitrogens with zero attached hydrogens (tertiary/aromatic N) is 2. The number of aliphatic hydroxyl groups excluding tert-OH is 1. The van der Waals surface area contributed by atoms with Gasteiger partial charge in [0.25, 0.3) is 5.88 Å². The minimum Gasteiger partial charge on any atom is -0.493 e. The molecule has 0 radical (unpaired) electrons. The number of aromatic nitrogens is 1. The minimum atomic E-state index is -4.59. The standard InChI is InChI=1S/C13H12F4N4O2/c14-9-3-8(5-20-12(9)23-6-13(15,16)17)7-1-2-21(19)10(4-7)11(18)22/h1-5,22H,6,18-19H2/b11-10+. The summed E-state index contributed by atoms with van der Waals surface area (Å²) in [6.07, 6.45) is 0.744. The second kappa shape index (κ2) is 6.16. The van der Waals surface area contributed by atoms with Crippen LogP contribution in [-0.2, 0) is 0 Å². The predicted octanol–water partition coefficient (Wildman–Crippen LogP) is 1.93. The highest BCUT2D eigenvalue weighted by Gasteiger charge is 2.29. The van der Waals surface area contributed by atoms with Crippen molar-refractivity contribution >= 4 is 5.57 Å². The van der Waals surface area contributed by atoms with Gasteiger partial charge in [0.2, 0.25) is 5.88 Å². The second-order valence-corrected chi connectivity index (χ2v) is 4.51. The SMILES string of the molecule is N/C(O)=C1/C=C(c2cnc(OCC(F)(F)F)c(F)c2)C=CN1N. The number of hydrazine groups is 1. The number of allylic oxidation sites excluding steroid dienone is 3. The Morgan fingerprint density at radius 2 is 2.09 bits per heavy atom. The van der Waals surface area contributed by atoms with Gasteiger partial charge in [-0.3, -0.25) is 5.01 Å². The van der Waals surface area contributed by atoms with Crippen LogP contribution in [0.15, 0.2) is 42.2 Å². The molecule has 5 N–H and O–H groups in total. The summed E-state index contributed by atoms with van der Waals surface area (Å²) in [7, 11) is 0. The van der Waals surface area contributed by atoms with Crippen LogP contribution in [0, 0.1) is 5.82 Å². The number of alkyl halides is 3. The van der Waals surface area contributed by atoms with Crippen molar-refractivity contribution in [2.45, 2.75) is 6.18 Å². The smallest absolute Gasteiger partial charge is 0.422 e. The molecule has 0 saturated carbocycles. The Morgan fingerprint density at radius 3 is 2.65 bits per heavy atom. The third-order valence-corrected chi connectivity index (χ3v) is 2.76. The fourth-order valence-electron chi connectivity index (χ4n) is 1.74. The van der Waals surface area contributed by atoms with Crippen LogP contribution in [0.5, 0.6) is 5.88 Å². The van der Waals surface area contributed by atoms with Crippen LogP contribution < -0.4 is 16.3 Å². The van der Waals surface area contributed by atoms with Crippen LogP contribution in [-0.4, -0.2) is 27.9 Å². The van der Waals surface area contributed by atoms with Gasteiger partial charge in [-0.2, -0.15) is 13.2 Å². The Kier molecular flexibility index (Phi) is 4.45. The molecule has 0 unspecified atom stereocenters. The van der Waals surface area contributed by atoms with Gasteiger partial charge in [-0.25, -0.2) is 15.2 Å². The number of pyridine rings is 1. The third-order valence-electron chi connectivity index (χ3n) is 2.76. The van der Waals surface area contributed by atoms with Gasteiger partial charge in [0.1, 0.15) is 5.70 Å². The van der Waals surface area contributed by atoms with Crippen molar-refractivity contribution in [2.75, 3.05) is 6.61 Å². The summed E-state index contributed by atoms with van der Waals surface area (Å²) in [5.74, 6) is 3.18. The van der Waals surface area contributed by atoms with E-state index >= 15 is 0 Å². The molecule has 0 aliphatic carbocycles. The molecule has 124 valence electrons. The summed E-state index contributed by atoms with van der Waals surface area (Å²) in [6.45, 7) is -1.64. The first kappa shape index (κ1) is 16.6. The van der Waals surface area contributed by atoms with Crippen LogP contribution in [0.4, 0.5) is 17.6 Å². The van der Waals surface area contributed by atoms with Crippen molar-refractivity contribution in [3.05, 3.63) is 53.6 Å². The largest absolute Gasteiger partial charge is 0.493 e. The molecule has 1 aromatic rings. The average Bonchev–Trinajstić information content (AvgIpc) is 2.45.